The second kappa shape index (κ2) is 14.0. The van der Waals surface area contributed by atoms with Crippen LogP contribution in [0, 0.1) is 5.92 Å². The summed E-state index contributed by atoms with van der Waals surface area (Å²) < 4.78 is 69.2. The molecule has 1 amide bonds. The zero-order chi connectivity index (χ0) is 27.5. The Hall–Kier alpha value is -2.94. The number of hydrogen-bond donors (Lipinski definition) is 2. The van der Waals surface area contributed by atoms with Crippen molar-refractivity contribution in [1.29, 1.82) is 0 Å². The second-order valence-corrected chi connectivity index (χ2v) is 8.06. The minimum Gasteiger partial charge on any atom is -0.475 e. The lowest BCUT2D eigenvalue weighted by Gasteiger charge is -2.28. The predicted molar refractivity (Wildman–Crippen MR) is 112 cm³/mol. The molecule has 0 aromatic carbocycles. The number of carbonyl (C=O) groups excluding carboxylic acids is 1. The van der Waals surface area contributed by atoms with Gasteiger partial charge in [-0.1, -0.05) is 0 Å². The van der Waals surface area contributed by atoms with Crippen LogP contribution in [-0.4, -0.2) is 94.6 Å². The van der Waals surface area contributed by atoms with Crippen molar-refractivity contribution in [2.75, 3.05) is 33.3 Å². The molecule has 2 aliphatic rings. The number of pyridine rings is 1. The van der Waals surface area contributed by atoms with Gasteiger partial charge in [0.25, 0.3) is 0 Å². The summed E-state index contributed by atoms with van der Waals surface area (Å²) in [6, 6.07) is 3.97. The van der Waals surface area contributed by atoms with Gasteiger partial charge in [-0.2, -0.15) is 26.3 Å². The van der Waals surface area contributed by atoms with Gasteiger partial charge in [0.15, 0.2) is 0 Å². The topological polar surface area (TPSA) is 120 Å². The van der Waals surface area contributed by atoms with Gasteiger partial charge >= 0.3 is 24.3 Å². The maximum absolute atomic E-state index is 12.9. The largest absolute Gasteiger partial charge is 0.490 e. The minimum absolute atomic E-state index is 0.133. The molecule has 0 bridgehead atoms. The molecule has 3 rings (SSSR count). The number of aliphatic carboxylic acids is 2. The number of aromatic nitrogens is 1. The van der Waals surface area contributed by atoms with E-state index in [9.17, 15) is 31.1 Å². The molecule has 2 fully saturated rings. The summed E-state index contributed by atoms with van der Waals surface area (Å²) in [5.41, 5.74) is 1.13. The molecular weight excluding hydrogens is 504 g/mol. The third-order valence-corrected chi connectivity index (χ3v) is 5.11. The van der Waals surface area contributed by atoms with Crippen molar-refractivity contribution in [3.63, 3.8) is 0 Å². The molecule has 2 aliphatic heterocycles. The van der Waals surface area contributed by atoms with Gasteiger partial charge in [-0.15, -0.1) is 0 Å². The zero-order valence-corrected chi connectivity index (χ0v) is 19.3. The minimum atomic E-state index is -5.08. The van der Waals surface area contributed by atoms with E-state index in [0.29, 0.717) is 13.1 Å². The van der Waals surface area contributed by atoms with E-state index in [1.165, 1.54) is 0 Å². The van der Waals surface area contributed by atoms with Crippen LogP contribution in [0.5, 0.6) is 0 Å². The number of likely N-dealkylation sites (tertiary alicyclic amines) is 1. The van der Waals surface area contributed by atoms with Crippen molar-refractivity contribution in [3.8, 4) is 0 Å². The first-order valence-electron chi connectivity index (χ1n) is 10.7. The molecule has 2 saturated heterocycles. The maximum Gasteiger partial charge on any atom is 0.490 e. The van der Waals surface area contributed by atoms with E-state index in [-0.39, 0.29) is 17.9 Å². The maximum atomic E-state index is 12.9. The van der Waals surface area contributed by atoms with Gasteiger partial charge in [-0.25, -0.2) is 9.59 Å². The van der Waals surface area contributed by atoms with Crippen molar-refractivity contribution in [2.24, 2.45) is 5.92 Å². The van der Waals surface area contributed by atoms with Crippen molar-refractivity contribution in [1.82, 2.24) is 14.8 Å². The summed E-state index contributed by atoms with van der Waals surface area (Å²) >= 11 is 0. The standard InChI is InChI=1S/C17H25N3O2.2C2HF3O2/c1-19-9-6-15(12-19)17(21)20(13-16-3-2-10-22-16)11-14-4-7-18-8-5-14;2*3-2(4,5)1(6)7/h4-5,7-8,15-16H,2-3,6,9-13H2,1H3;2*(H,6,7). The molecule has 2 N–H and O–H groups in total. The van der Waals surface area contributed by atoms with Gasteiger partial charge in [0.1, 0.15) is 0 Å². The highest BCUT2D eigenvalue weighted by Crippen LogP contribution is 2.21. The van der Waals surface area contributed by atoms with Crippen LogP contribution in [0.4, 0.5) is 26.3 Å². The van der Waals surface area contributed by atoms with E-state index in [4.69, 9.17) is 24.5 Å². The fourth-order valence-electron chi connectivity index (χ4n) is 3.37. The number of ether oxygens (including phenoxy) is 1. The van der Waals surface area contributed by atoms with Crippen LogP contribution in [0.3, 0.4) is 0 Å². The van der Waals surface area contributed by atoms with Gasteiger partial charge in [0.05, 0.1) is 12.0 Å². The Morgan fingerprint density at radius 3 is 1.97 bits per heavy atom. The average Bonchev–Trinajstić information content (AvgIpc) is 3.45. The van der Waals surface area contributed by atoms with Gasteiger partial charge in [0.2, 0.25) is 5.91 Å². The summed E-state index contributed by atoms with van der Waals surface area (Å²) in [4.78, 5) is 39.0. The summed E-state index contributed by atoms with van der Waals surface area (Å²) in [7, 11) is 2.08. The number of alkyl halides is 6. The van der Waals surface area contributed by atoms with Crippen LogP contribution >= 0.6 is 0 Å². The molecule has 3 heterocycles. The third kappa shape index (κ3) is 11.7. The number of halogens is 6. The van der Waals surface area contributed by atoms with E-state index in [0.717, 1.165) is 44.5 Å². The molecule has 9 nitrogen and oxygen atoms in total. The highest BCUT2D eigenvalue weighted by atomic mass is 19.4. The Morgan fingerprint density at radius 2 is 1.58 bits per heavy atom. The van der Waals surface area contributed by atoms with Crippen LogP contribution in [0.1, 0.15) is 24.8 Å². The number of carboxylic acid groups (broad SMARTS) is 2. The van der Waals surface area contributed by atoms with E-state index in [2.05, 4.69) is 16.9 Å². The smallest absolute Gasteiger partial charge is 0.475 e. The van der Waals surface area contributed by atoms with E-state index in [1.54, 1.807) is 12.4 Å². The second-order valence-electron chi connectivity index (χ2n) is 8.06. The molecule has 15 heteroatoms. The van der Waals surface area contributed by atoms with E-state index in [1.807, 2.05) is 17.0 Å². The van der Waals surface area contributed by atoms with Crippen LogP contribution < -0.4 is 0 Å². The Bertz CT molecular complexity index is 823. The molecule has 0 saturated carbocycles. The van der Waals surface area contributed by atoms with E-state index < -0.39 is 24.3 Å². The number of carboxylic acids is 2. The normalized spacial score (nSPS) is 20.0. The highest BCUT2D eigenvalue weighted by Gasteiger charge is 2.39. The summed E-state index contributed by atoms with van der Waals surface area (Å²) in [5.74, 6) is -5.11. The molecule has 2 atom stereocenters. The Morgan fingerprint density at radius 1 is 1.06 bits per heavy atom. The lowest BCUT2D eigenvalue weighted by molar-refractivity contribution is -0.193. The first-order valence-corrected chi connectivity index (χ1v) is 10.7. The van der Waals surface area contributed by atoms with Gasteiger partial charge in [-0.05, 0) is 50.6 Å². The van der Waals surface area contributed by atoms with Crippen LogP contribution in [0.25, 0.3) is 0 Å². The average molecular weight is 531 g/mol. The molecule has 36 heavy (non-hydrogen) atoms. The number of nitrogens with zero attached hydrogens (tertiary/aromatic N) is 3. The third-order valence-electron chi connectivity index (χ3n) is 5.11. The summed E-state index contributed by atoms with van der Waals surface area (Å²) in [6.45, 7) is 4.08. The Balaban J connectivity index is 0.000000383. The van der Waals surface area contributed by atoms with Gasteiger partial charge in [0, 0.05) is 38.6 Å². The lowest BCUT2D eigenvalue weighted by Crippen LogP contribution is -2.41. The fraction of sp³-hybridized carbons (Fsp3) is 0.619. The quantitative estimate of drug-likeness (QED) is 0.557. The van der Waals surface area contributed by atoms with Crippen molar-refractivity contribution in [2.45, 2.75) is 44.3 Å². The number of rotatable bonds is 5. The molecule has 0 spiro atoms. The SMILES string of the molecule is CN1CCC(C(=O)N(Cc2ccncc2)CC2CCCO2)C1.O=C(O)C(F)(F)F.O=C(O)C(F)(F)F. The number of hydrogen-bond acceptors (Lipinski definition) is 6. The molecule has 204 valence electrons. The summed E-state index contributed by atoms with van der Waals surface area (Å²) in [5, 5.41) is 14.2. The van der Waals surface area contributed by atoms with Gasteiger partial charge in [-0.3, -0.25) is 9.78 Å². The fourth-order valence-corrected chi connectivity index (χ4v) is 3.37. The van der Waals surface area contributed by atoms with Crippen LogP contribution in [-0.2, 0) is 25.7 Å². The first-order chi connectivity index (χ1) is 16.6. The molecule has 2 unspecified atom stereocenters. The molecule has 0 radical (unpaired) electrons. The highest BCUT2D eigenvalue weighted by molar-refractivity contribution is 5.79. The molecule has 1 aromatic rings. The monoisotopic (exact) mass is 531 g/mol. The Labute approximate surface area is 202 Å². The van der Waals surface area contributed by atoms with Crippen molar-refractivity contribution in [3.05, 3.63) is 30.1 Å². The number of carbonyl (C=O) groups is 3. The van der Waals surface area contributed by atoms with E-state index >= 15 is 0 Å². The molecular formula is C21H27F6N3O6. The first kappa shape index (κ1) is 31.1. The van der Waals surface area contributed by atoms with Crippen LogP contribution in [0.2, 0.25) is 0 Å². The predicted octanol–water partition coefficient (Wildman–Crippen LogP) is 2.81. The Kier molecular flexibility index (Phi) is 12.1. The lowest BCUT2D eigenvalue weighted by atomic mass is 10.1. The van der Waals surface area contributed by atoms with Crippen molar-refractivity contribution >= 4 is 17.8 Å². The number of amides is 1. The molecule has 0 aliphatic carbocycles. The molecule has 1 aromatic heterocycles. The van der Waals surface area contributed by atoms with Crippen LogP contribution in [0.15, 0.2) is 24.5 Å². The summed E-state index contributed by atoms with van der Waals surface area (Å²) in [6.07, 6.45) is -3.27. The zero-order valence-electron chi connectivity index (χ0n) is 19.3. The van der Waals surface area contributed by atoms with Gasteiger partial charge < -0.3 is 24.7 Å². The van der Waals surface area contributed by atoms with Crippen molar-refractivity contribution < 1.29 is 55.7 Å².